The number of halogens is 3. The van der Waals surface area contributed by atoms with Gasteiger partial charge in [-0.3, -0.25) is 0 Å². The smallest absolute Gasteiger partial charge is 0.360 e. The summed E-state index contributed by atoms with van der Waals surface area (Å²) in [5, 5.41) is 1.19. The lowest BCUT2D eigenvalue weighted by molar-refractivity contribution is -0.301. The highest BCUT2D eigenvalue weighted by Crippen LogP contribution is 2.47. The number of hydrogen-bond acceptors (Lipinski definition) is 3. The Labute approximate surface area is 78.8 Å². The molecule has 0 aromatic rings. The first-order valence-electron chi connectivity index (χ1n) is 4.51. The molecule has 0 radical (unpaired) electrons. The normalized spacial score (nSPS) is 25.4. The minimum Gasteiger partial charge on any atom is -0.360 e. The lowest BCUT2D eigenvalue weighted by Crippen LogP contribution is -2.64. The van der Waals surface area contributed by atoms with Crippen molar-refractivity contribution in [3.8, 4) is 0 Å². The van der Waals surface area contributed by atoms with Crippen molar-refractivity contribution in [3.63, 3.8) is 0 Å². The summed E-state index contributed by atoms with van der Waals surface area (Å²) in [4.78, 5) is 14.8. The van der Waals surface area contributed by atoms with Crippen LogP contribution in [0, 0.1) is 0 Å². The van der Waals surface area contributed by atoms with E-state index in [0.29, 0.717) is 6.54 Å². The molecule has 0 amide bonds. The molecule has 1 aliphatic carbocycles. The van der Waals surface area contributed by atoms with Crippen LogP contribution in [0.3, 0.4) is 0 Å². The van der Waals surface area contributed by atoms with Gasteiger partial charge in [0, 0.05) is 6.54 Å². The number of nitrogens with zero attached hydrogens (tertiary/aromatic N) is 1. The Bertz CT molecular complexity index is 254. The van der Waals surface area contributed by atoms with Crippen LogP contribution in [-0.4, -0.2) is 29.3 Å². The van der Waals surface area contributed by atoms with E-state index in [0.717, 1.165) is 25.7 Å². The van der Waals surface area contributed by atoms with Gasteiger partial charge in [-0.25, -0.2) is 4.79 Å². The highest BCUT2D eigenvalue weighted by atomic mass is 19.4. The summed E-state index contributed by atoms with van der Waals surface area (Å²) < 4.78 is 35.5. The molecule has 1 spiro atoms. The topological polar surface area (TPSA) is 29.5 Å². The molecular weight excluding hydrogens is 199 g/mol. The minimum absolute atomic E-state index is 0.249. The molecule has 80 valence electrons. The number of hydroxylamine groups is 2. The Balaban J connectivity index is 1.90. The maximum atomic E-state index is 11.8. The molecule has 0 aromatic carbocycles. The Morgan fingerprint density at radius 3 is 2.21 bits per heavy atom. The summed E-state index contributed by atoms with van der Waals surface area (Å²) in [7, 11) is 0. The van der Waals surface area contributed by atoms with E-state index in [1.165, 1.54) is 5.06 Å². The van der Waals surface area contributed by atoms with Gasteiger partial charge in [0.25, 0.3) is 0 Å². The van der Waals surface area contributed by atoms with Crippen LogP contribution in [-0.2, 0) is 9.63 Å². The van der Waals surface area contributed by atoms with Gasteiger partial charge in [0.1, 0.15) is 0 Å². The quantitative estimate of drug-likeness (QED) is 0.657. The molecule has 0 atom stereocenters. The lowest BCUT2D eigenvalue weighted by atomic mass is 9.69. The lowest BCUT2D eigenvalue weighted by Gasteiger charge is -2.56. The van der Waals surface area contributed by atoms with Crippen LogP contribution in [0.5, 0.6) is 0 Å². The Hall–Kier alpha value is -0.780. The summed E-state index contributed by atoms with van der Waals surface area (Å²) in [6.07, 6.45) is -1.39. The molecular formula is C8H10F3NO2. The molecule has 2 fully saturated rings. The van der Waals surface area contributed by atoms with E-state index < -0.39 is 12.1 Å². The average molecular weight is 209 g/mol. The number of hydrogen-bond donors (Lipinski definition) is 0. The fourth-order valence-corrected chi connectivity index (χ4v) is 1.90. The first-order chi connectivity index (χ1) is 6.44. The summed E-state index contributed by atoms with van der Waals surface area (Å²) >= 11 is 0. The van der Waals surface area contributed by atoms with E-state index in [-0.39, 0.29) is 5.54 Å². The van der Waals surface area contributed by atoms with Gasteiger partial charge in [-0.1, -0.05) is 0 Å². The second kappa shape index (κ2) is 2.85. The number of rotatable bonds is 1. The third-order valence-electron chi connectivity index (χ3n) is 3.02. The van der Waals surface area contributed by atoms with Crippen molar-refractivity contribution in [1.29, 1.82) is 0 Å². The molecule has 6 heteroatoms. The zero-order valence-corrected chi connectivity index (χ0v) is 7.43. The van der Waals surface area contributed by atoms with Crippen LogP contribution in [0.1, 0.15) is 25.7 Å². The average Bonchev–Trinajstić information content (AvgIpc) is 1.92. The van der Waals surface area contributed by atoms with Crippen molar-refractivity contribution < 1.29 is 22.8 Å². The second-order valence-corrected chi connectivity index (χ2v) is 3.81. The van der Waals surface area contributed by atoms with Gasteiger partial charge in [0.05, 0.1) is 5.54 Å². The standard InChI is InChI=1S/C8H10F3NO2/c9-8(10,11)6(13)14-12-5-4-7(12)2-1-3-7/h1-5H2. The zero-order valence-electron chi connectivity index (χ0n) is 7.43. The monoisotopic (exact) mass is 209 g/mol. The van der Waals surface area contributed by atoms with Crippen molar-refractivity contribution in [2.45, 2.75) is 37.4 Å². The van der Waals surface area contributed by atoms with Gasteiger partial charge in [-0.05, 0) is 25.7 Å². The molecule has 1 aliphatic heterocycles. The minimum atomic E-state index is -4.89. The predicted molar refractivity (Wildman–Crippen MR) is 40.1 cm³/mol. The molecule has 1 saturated carbocycles. The fourth-order valence-electron chi connectivity index (χ4n) is 1.90. The van der Waals surface area contributed by atoms with Crippen LogP contribution < -0.4 is 0 Å². The molecule has 3 nitrogen and oxygen atoms in total. The summed E-state index contributed by atoms with van der Waals surface area (Å²) in [5.41, 5.74) is -0.249. The van der Waals surface area contributed by atoms with E-state index in [4.69, 9.17) is 0 Å². The Morgan fingerprint density at radius 2 is 1.93 bits per heavy atom. The van der Waals surface area contributed by atoms with Gasteiger partial charge in [-0.2, -0.15) is 13.2 Å². The van der Waals surface area contributed by atoms with Crippen LogP contribution >= 0.6 is 0 Å². The van der Waals surface area contributed by atoms with Crippen LogP contribution in [0.15, 0.2) is 0 Å². The SMILES string of the molecule is O=C(ON1CCC12CCC2)C(F)(F)F. The van der Waals surface area contributed by atoms with Crippen molar-refractivity contribution >= 4 is 5.97 Å². The second-order valence-electron chi connectivity index (χ2n) is 3.81. The number of alkyl halides is 3. The van der Waals surface area contributed by atoms with Gasteiger partial charge in [0.2, 0.25) is 0 Å². The van der Waals surface area contributed by atoms with Gasteiger partial charge < -0.3 is 4.84 Å². The molecule has 0 N–H and O–H groups in total. The van der Waals surface area contributed by atoms with Crippen molar-refractivity contribution in [3.05, 3.63) is 0 Å². The molecule has 14 heavy (non-hydrogen) atoms. The van der Waals surface area contributed by atoms with Crippen LogP contribution in [0.2, 0.25) is 0 Å². The van der Waals surface area contributed by atoms with Crippen molar-refractivity contribution in [2.24, 2.45) is 0 Å². The molecule has 0 bridgehead atoms. The first-order valence-corrected chi connectivity index (χ1v) is 4.51. The highest BCUT2D eigenvalue weighted by Gasteiger charge is 2.54. The summed E-state index contributed by atoms with van der Waals surface area (Å²) in [5.74, 6) is -2.11. The molecule has 0 aromatic heterocycles. The third kappa shape index (κ3) is 1.37. The molecule has 0 unspecified atom stereocenters. The summed E-state index contributed by atoms with van der Waals surface area (Å²) in [6, 6.07) is 0. The third-order valence-corrected chi connectivity index (χ3v) is 3.02. The van der Waals surface area contributed by atoms with E-state index >= 15 is 0 Å². The Kier molecular flexibility index (Phi) is 1.99. The maximum Gasteiger partial charge on any atom is 0.492 e. The fraction of sp³-hybridized carbons (Fsp3) is 0.875. The van der Waals surface area contributed by atoms with E-state index in [1.54, 1.807) is 0 Å². The van der Waals surface area contributed by atoms with Crippen LogP contribution in [0.4, 0.5) is 13.2 Å². The first kappa shape index (κ1) is 9.76. The van der Waals surface area contributed by atoms with Crippen molar-refractivity contribution in [2.75, 3.05) is 6.54 Å². The molecule has 1 heterocycles. The number of carbonyl (C=O) groups excluding carboxylic acids is 1. The Morgan fingerprint density at radius 1 is 1.29 bits per heavy atom. The molecule has 2 aliphatic rings. The predicted octanol–water partition coefficient (Wildman–Crippen LogP) is 1.64. The summed E-state index contributed by atoms with van der Waals surface area (Å²) in [6.45, 7) is 0.418. The molecule has 1 saturated heterocycles. The largest absolute Gasteiger partial charge is 0.492 e. The van der Waals surface area contributed by atoms with Crippen molar-refractivity contribution in [1.82, 2.24) is 5.06 Å². The van der Waals surface area contributed by atoms with Gasteiger partial charge >= 0.3 is 12.1 Å². The van der Waals surface area contributed by atoms with E-state index in [9.17, 15) is 18.0 Å². The number of carbonyl (C=O) groups is 1. The van der Waals surface area contributed by atoms with E-state index in [2.05, 4.69) is 4.84 Å². The van der Waals surface area contributed by atoms with Gasteiger partial charge in [-0.15, -0.1) is 5.06 Å². The van der Waals surface area contributed by atoms with Gasteiger partial charge in [0.15, 0.2) is 0 Å². The maximum absolute atomic E-state index is 11.8. The van der Waals surface area contributed by atoms with E-state index in [1.807, 2.05) is 0 Å². The zero-order chi connectivity index (χ0) is 10.4. The van der Waals surface area contributed by atoms with Crippen LogP contribution in [0.25, 0.3) is 0 Å². The molecule has 2 rings (SSSR count). The highest BCUT2D eigenvalue weighted by molar-refractivity contribution is 5.75.